The average molecular weight is 226 g/mol. The summed E-state index contributed by atoms with van der Waals surface area (Å²) in [5.41, 5.74) is -1.01. The van der Waals surface area contributed by atoms with Crippen LogP contribution in [0, 0.1) is 11.3 Å². The van der Waals surface area contributed by atoms with Gasteiger partial charge in [0.05, 0.1) is 0 Å². The van der Waals surface area contributed by atoms with Gasteiger partial charge >= 0.3 is 0 Å². The molecule has 0 aromatic carbocycles. The van der Waals surface area contributed by atoms with E-state index in [0.29, 0.717) is 0 Å². The minimum atomic E-state index is -3.81. The van der Waals surface area contributed by atoms with Crippen LogP contribution in [-0.4, -0.2) is 31.7 Å². The molecule has 0 bridgehead atoms. The Morgan fingerprint density at radius 3 is 2.50 bits per heavy atom. The van der Waals surface area contributed by atoms with Crippen molar-refractivity contribution in [3.63, 3.8) is 0 Å². The molecule has 0 spiro atoms. The molecule has 2 aliphatic rings. The van der Waals surface area contributed by atoms with Crippen LogP contribution < -0.4 is 5.14 Å². The predicted octanol–water partition coefficient (Wildman–Crippen LogP) is 0.167. The minimum Gasteiger partial charge on any atom is -0.216 e. The number of alkyl halides is 2. The molecule has 2 N–H and O–H groups in total. The van der Waals surface area contributed by atoms with Gasteiger partial charge in [-0.1, -0.05) is 6.92 Å². The molecule has 2 unspecified atom stereocenters. The Morgan fingerprint density at radius 2 is 2.07 bits per heavy atom. The van der Waals surface area contributed by atoms with E-state index in [4.69, 9.17) is 5.14 Å². The first-order chi connectivity index (χ1) is 6.19. The Labute approximate surface area is 81.2 Å². The summed E-state index contributed by atoms with van der Waals surface area (Å²) in [5, 5.41) is 4.88. The molecule has 1 saturated carbocycles. The molecule has 14 heavy (non-hydrogen) atoms. The predicted molar refractivity (Wildman–Crippen MR) is 45.8 cm³/mol. The topological polar surface area (TPSA) is 63.4 Å². The lowest BCUT2D eigenvalue weighted by molar-refractivity contribution is 0.0636. The zero-order valence-electron chi connectivity index (χ0n) is 7.70. The van der Waals surface area contributed by atoms with Crippen molar-refractivity contribution in [1.29, 1.82) is 0 Å². The largest absolute Gasteiger partial charge is 0.276 e. The molecule has 2 atom stereocenters. The fraction of sp³-hybridized carbons (Fsp3) is 1.00. The summed E-state index contributed by atoms with van der Waals surface area (Å²) in [4.78, 5) is 0. The molecule has 1 saturated heterocycles. The van der Waals surface area contributed by atoms with Crippen LogP contribution in [0.3, 0.4) is 0 Å². The Hall–Kier alpha value is -0.270. The Bertz CT molecular complexity index is 370. The Balaban J connectivity index is 2.17. The summed E-state index contributed by atoms with van der Waals surface area (Å²) in [6, 6.07) is 0. The van der Waals surface area contributed by atoms with Gasteiger partial charge in [-0.3, -0.25) is 0 Å². The minimum absolute atomic E-state index is 0.0986. The van der Waals surface area contributed by atoms with Crippen LogP contribution in [0.1, 0.15) is 13.3 Å². The molecule has 2 fully saturated rings. The fourth-order valence-corrected chi connectivity index (χ4v) is 2.92. The molecule has 1 aliphatic heterocycles. The smallest absolute Gasteiger partial charge is 0.216 e. The van der Waals surface area contributed by atoms with Crippen molar-refractivity contribution >= 4 is 10.2 Å². The SMILES string of the molecule is CC12CCN(S(N)(=O)=O)CC1C2(F)F. The third-order valence-corrected chi connectivity index (χ3v) is 4.56. The summed E-state index contributed by atoms with van der Waals surface area (Å²) in [5.74, 6) is -3.59. The molecule has 7 heteroatoms. The van der Waals surface area contributed by atoms with Gasteiger partial charge in [-0.05, 0) is 6.42 Å². The Kier molecular flexibility index (Phi) is 1.80. The van der Waals surface area contributed by atoms with E-state index in [9.17, 15) is 17.2 Å². The van der Waals surface area contributed by atoms with Gasteiger partial charge in [-0.15, -0.1) is 0 Å². The van der Waals surface area contributed by atoms with E-state index in [1.54, 1.807) is 0 Å². The number of nitrogens with zero attached hydrogens (tertiary/aromatic N) is 1. The van der Waals surface area contributed by atoms with Crippen LogP contribution >= 0.6 is 0 Å². The van der Waals surface area contributed by atoms with Crippen molar-refractivity contribution in [2.24, 2.45) is 16.5 Å². The first-order valence-corrected chi connectivity index (χ1v) is 5.85. The second-order valence-corrected chi connectivity index (χ2v) is 5.79. The highest BCUT2D eigenvalue weighted by atomic mass is 32.2. The fourth-order valence-electron chi connectivity index (χ4n) is 2.21. The van der Waals surface area contributed by atoms with Crippen molar-refractivity contribution in [1.82, 2.24) is 4.31 Å². The van der Waals surface area contributed by atoms with Crippen LogP contribution in [0.2, 0.25) is 0 Å². The maximum atomic E-state index is 13.2. The van der Waals surface area contributed by atoms with E-state index in [0.717, 1.165) is 4.31 Å². The molecule has 2 rings (SSSR count). The highest BCUT2D eigenvalue weighted by Crippen LogP contribution is 2.69. The van der Waals surface area contributed by atoms with Crippen molar-refractivity contribution in [2.45, 2.75) is 19.3 Å². The molecular weight excluding hydrogens is 214 g/mol. The third kappa shape index (κ3) is 1.12. The number of fused-ring (bicyclic) bond motifs is 1. The van der Waals surface area contributed by atoms with Gasteiger partial charge in [0.25, 0.3) is 16.1 Å². The van der Waals surface area contributed by atoms with E-state index in [1.165, 1.54) is 6.92 Å². The van der Waals surface area contributed by atoms with E-state index >= 15 is 0 Å². The summed E-state index contributed by atoms with van der Waals surface area (Å²) in [6.07, 6.45) is 0.182. The number of rotatable bonds is 1. The summed E-state index contributed by atoms with van der Waals surface area (Å²) >= 11 is 0. The molecule has 0 aromatic heterocycles. The number of hydrogen-bond donors (Lipinski definition) is 1. The molecule has 0 aromatic rings. The van der Waals surface area contributed by atoms with Gasteiger partial charge in [-0.2, -0.15) is 12.7 Å². The summed E-state index contributed by atoms with van der Waals surface area (Å²) in [6.45, 7) is 1.45. The van der Waals surface area contributed by atoms with E-state index < -0.39 is 27.5 Å². The Morgan fingerprint density at radius 1 is 1.50 bits per heavy atom. The second kappa shape index (κ2) is 2.45. The lowest BCUT2D eigenvalue weighted by Gasteiger charge is -2.25. The van der Waals surface area contributed by atoms with Gasteiger partial charge in [0.15, 0.2) is 0 Å². The molecular formula is C7H12F2N2O2S. The first-order valence-electron chi connectivity index (χ1n) is 4.35. The maximum Gasteiger partial charge on any atom is 0.276 e. The van der Waals surface area contributed by atoms with E-state index in [-0.39, 0.29) is 19.5 Å². The number of hydrogen-bond acceptors (Lipinski definition) is 2. The molecule has 1 aliphatic carbocycles. The average Bonchev–Trinajstić information content (AvgIpc) is 2.44. The van der Waals surface area contributed by atoms with Gasteiger partial charge < -0.3 is 0 Å². The van der Waals surface area contributed by atoms with Gasteiger partial charge in [0.2, 0.25) is 0 Å². The molecule has 0 amide bonds. The highest BCUT2D eigenvalue weighted by molar-refractivity contribution is 7.86. The van der Waals surface area contributed by atoms with Crippen LogP contribution in [0.5, 0.6) is 0 Å². The first kappa shape index (κ1) is 10.3. The van der Waals surface area contributed by atoms with Crippen molar-refractivity contribution in [3.05, 3.63) is 0 Å². The maximum absolute atomic E-state index is 13.2. The van der Waals surface area contributed by atoms with Crippen molar-refractivity contribution in [2.75, 3.05) is 13.1 Å². The summed E-state index contributed by atoms with van der Waals surface area (Å²) < 4.78 is 49.1. The number of halogens is 2. The van der Waals surface area contributed by atoms with Crippen LogP contribution in [0.15, 0.2) is 0 Å². The van der Waals surface area contributed by atoms with Crippen LogP contribution in [0.4, 0.5) is 8.78 Å². The van der Waals surface area contributed by atoms with Crippen molar-refractivity contribution < 1.29 is 17.2 Å². The number of nitrogens with two attached hydrogens (primary N) is 1. The third-order valence-electron chi connectivity index (χ3n) is 3.51. The molecule has 82 valence electrons. The zero-order valence-corrected chi connectivity index (χ0v) is 8.52. The lowest BCUT2D eigenvalue weighted by Crippen LogP contribution is -2.42. The van der Waals surface area contributed by atoms with Crippen LogP contribution in [-0.2, 0) is 10.2 Å². The standard InChI is InChI=1S/C7H12F2N2O2S/c1-6-2-3-11(14(10,12)13)4-5(6)7(6,8)9/h5H,2-4H2,1H3,(H2,10,12,13). The monoisotopic (exact) mass is 226 g/mol. The molecule has 4 nitrogen and oxygen atoms in total. The van der Waals surface area contributed by atoms with E-state index in [2.05, 4.69) is 0 Å². The van der Waals surface area contributed by atoms with E-state index in [1.807, 2.05) is 0 Å². The highest BCUT2D eigenvalue weighted by Gasteiger charge is 2.78. The zero-order chi connectivity index (χ0) is 10.8. The molecule has 1 heterocycles. The van der Waals surface area contributed by atoms with Gasteiger partial charge in [0.1, 0.15) is 0 Å². The van der Waals surface area contributed by atoms with Crippen LogP contribution in [0.25, 0.3) is 0 Å². The van der Waals surface area contributed by atoms with Gasteiger partial charge in [-0.25, -0.2) is 13.9 Å². The normalized spacial score (nSPS) is 41.9. The lowest BCUT2D eigenvalue weighted by atomic mass is 9.99. The molecule has 0 radical (unpaired) electrons. The summed E-state index contributed by atoms with van der Waals surface area (Å²) in [7, 11) is -3.81. The van der Waals surface area contributed by atoms with Gasteiger partial charge in [0, 0.05) is 24.4 Å². The van der Waals surface area contributed by atoms with Crippen molar-refractivity contribution in [3.8, 4) is 0 Å². The quantitative estimate of drug-likeness (QED) is 0.692. The second-order valence-electron chi connectivity index (χ2n) is 4.25. The number of piperidine rings is 1.